The van der Waals surface area contributed by atoms with Crippen LogP contribution in [0.4, 0.5) is 0 Å². The van der Waals surface area contributed by atoms with Crippen LogP contribution in [0, 0.1) is 11.8 Å². The normalized spacial score (nSPS) is 13.2. The second-order valence-corrected chi connectivity index (χ2v) is 3.25. The molecular weight excluding hydrogens is 168 g/mol. The molecule has 0 fully saturated rings. The maximum atomic E-state index is 9.39. The molecule has 3 heteroatoms. The predicted octanol–water partition coefficient (Wildman–Crippen LogP) is 1.09. The Bertz CT molecular complexity index is 308. The first-order valence-corrected chi connectivity index (χ1v) is 3.95. The average Bonchev–Trinajstić information content (AvgIpc) is 2.50. The molecule has 1 aromatic heterocycles. The molecule has 0 saturated carbocycles. The molecule has 0 aromatic carbocycles. The van der Waals surface area contributed by atoms with Crippen LogP contribution in [0.25, 0.3) is 0 Å². The molecule has 1 heterocycles. The van der Waals surface area contributed by atoms with E-state index < -0.39 is 11.7 Å². The zero-order valence-corrected chi connectivity index (χ0v) is 7.61. The minimum Gasteiger partial charge on any atom is -0.466 e. The lowest BCUT2D eigenvalue weighted by molar-refractivity contribution is 0.142. The fourth-order valence-electron chi connectivity index (χ4n) is 0.763. The molecule has 0 bridgehead atoms. The van der Waals surface area contributed by atoms with E-state index in [-0.39, 0.29) is 0 Å². The highest BCUT2D eigenvalue weighted by Gasteiger charge is 2.09. The van der Waals surface area contributed by atoms with Gasteiger partial charge in [0.1, 0.15) is 11.4 Å². The van der Waals surface area contributed by atoms with E-state index >= 15 is 0 Å². The topological polar surface area (TPSA) is 53.6 Å². The van der Waals surface area contributed by atoms with Gasteiger partial charge in [0.2, 0.25) is 0 Å². The monoisotopic (exact) mass is 180 g/mol. The quantitative estimate of drug-likeness (QED) is 0.636. The maximum absolute atomic E-state index is 9.39. The Morgan fingerprint density at radius 3 is 2.69 bits per heavy atom. The zero-order chi connectivity index (χ0) is 9.90. The van der Waals surface area contributed by atoms with Crippen LogP contribution >= 0.6 is 0 Å². The Balaban J connectivity index is 2.69. The van der Waals surface area contributed by atoms with Gasteiger partial charge in [-0.1, -0.05) is 11.8 Å². The van der Waals surface area contributed by atoms with E-state index in [1.54, 1.807) is 26.0 Å². The molecule has 70 valence electrons. The molecule has 13 heavy (non-hydrogen) atoms. The first-order chi connectivity index (χ1) is 5.99. The van der Waals surface area contributed by atoms with E-state index in [0.717, 1.165) is 0 Å². The lowest BCUT2D eigenvalue weighted by atomic mass is 10.1. The Morgan fingerprint density at radius 2 is 2.23 bits per heavy atom. The molecule has 2 N–H and O–H groups in total. The highest BCUT2D eigenvalue weighted by molar-refractivity contribution is 5.19. The molecule has 3 nitrogen and oxygen atoms in total. The van der Waals surface area contributed by atoms with Gasteiger partial charge >= 0.3 is 0 Å². The Hall–Kier alpha value is -1.24. The zero-order valence-electron chi connectivity index (χ0n) is 7.61. The van der Waals surface area contributed by atoms with Crippen molar-refractivity contribution in [1.82, 2.24) is 0 Å². The second kappa shape index (κ2) is 3.65. The fraction of sp³-hybridized carbons (Fsp3) is 0.400. The lowest BCUT2D eigenvalue weighted by Crippen LogP contribution is -2.15. The highest BCUT2D eigenvalue weighted by Crippen LogP contribution is 2.12. The summed E-state index contributed by atoms with van der Waals surface area (Å²) in [4.78, 5) is 0. The van der Waals surface area contributed by atoms with Gasteiger partial charge in [0.05, 0.1) is 6.26 Å². The van der Waals surface area contributed by atoms with Crippen LogP contribution in [0.15, 0.2) is 22.8 Å². The van der Waals surface area contributed by atoms with Gasteiger partial charge in [-0.25, -0.2) is 0 Å². The standard InChI is InChI=1S/C10H12O3/c1-10(2,12)6-5-8(11)9-4-3-7-13-9/h3-4,7-8,11-12H,1-2H3/t8-/m1/s1. The van der Waals surface area contributed by atoms with Gasteiger partial charge in [0, 0.05) is 0 Å². The SMILES string of the molecule is CC(C)(O)C#C[C@@H](O)c1ccco1. The third-order valence-corrected chi connectivity index (χ3v) is 1.33. The first-order valence-electron chi connectivity index (χ1n) is 3.95. The van der Waals surface area contributed by atoms with Gasteiger partial charge in [-0.15, -0.1) is 0 Å². The molecule has 0 amide bonds. The van der Waals surface area contributed by atoms with Crippen LogP contribution in [0.5, 0.6) is 0 Å². The van der Waals surface area contributed by atoms with Crippen LogP contribution in [0.2, 0.25) is 0 Å². The molecule has 0 aliphatic carbocycles. The minimum absolute atomic E-state index is 0.386. The molecule has 1 rings (SSSR count). The van der Waals surface area contributed by atoms with Crippen molar-refractivity contribution < 1.29 is 14.6 Å². The Morgan fingerprint density at radius 1 is 1.54 bits per heavy atom. The smallest absolute Gasteiger partial charge is 0.172 e. The number of aliphatic hydroxyl groups excluding tert-OH is 1. The van der Waals surface area contributed by atoms with Crippen molar-refractivity contribution in [2.24, 2.45) is 0 Å². The number of aliphatic hydroxyl groups is 2. The van der Waals surface area contributed by atoms with E-state index in [1.165, 1.54) is 6.26 Å². The van der Waals surface area contributed by atoms with Crippen LogP contribution in [0.1, 0.15) is 25.7 Å². The first kappa shape index (κ1) is 9.85. The molecule has 0 radical (unpaired) electrons. The van der Waals surface area contributed by atoms with E-state index in [9.17, 15) is 10.2 Å². The van der Waals surface area contributed by atoms with Crippen LogP contribution in [-0.4, -0.2) is 15.8 Å². The van der Waals surface area contributed by atoms with Crippen LogP contribution in [0.3, 0.4) is 0 Å². The van der Waals surface area contributed by atoms with Crippen LogP contribution < -0.4 is 0 Å². The Labute approximate surface area is 77.0 Å². The van der Waals surface area contributed by atoms with Crippen molar-refractivity contribution in [1.29, 1.82) is 0 Å². The summed E-state index contributed by atoms with van der Waals surface area (Å²) in [5.41, 5.74) is -1.09. The van der Waals surface area contributed by atoms with Gasteiger partial charge < -0.3 is 14.6 Å². The van der Waals surface area contributed by atoms with Crippen molar-refractivity contribution in [3.8, 4) is 11.8 Å². The van der Waals surface area contributed by atoms with Gasteiger partial charge in [0.25, 0.3) is 0 Å². The molecule has 0 aliphatic heterocycles. The summed E-state index contributed by atoms with van der Waals surface area (Å²) in [7, 11) is 0. The molecule has 0 spiro atoms. The predicted molar refractivity (Wildman–Crippen MR) is 47.7 cm³/mol. The van der Waals surface area contributed by atoms with Gasteiger partial charge in [-0.3, -0.25) is 0 Å². The third kappa shape index (κ3) is 3.32. The van der Waals surface area contributed by atoms with Crippen molar-refractivity contribution >= 4 is 0 Å². The third-order valence-electron chi connectivity index (χ3n) is 1.33. The summed E-state index contributed by atoms with van der Waals surface area (Å²) >= 11 is 0. The Kier molecular flexibility index (Phi) is 2.76. The van der Waals surface area contributed by atoms with Crippen LogP contribution in [-0.2, 0) is 0 Å². The van der Waals surface area contributed by atoms with Gasteiger partial charge in [-0.05, 0) is 26.0 Å². The summed E-state index contributed by atoms with van der Waals surface area (Å²) in [6.45, 7) is 3.10. The highest BCUT2D eigenvalue weighted by atomic mass is 16.4. The molecule has 0 saturated heterocycles. The number of hydrogen-bond donors (Lipinski definition) is 2. The van der Waals surface area contributed by atoms with Crippen molar-refractivity contribution in [2.75, 3.05) is 0 Å². The number of rotatable bonds is 1. The summed E-state index contributed by atoms with van der Waals surface area (Å²) in [6, 6.07) is 3.30. The van der Waals surface area contributed by atoms with E-state index in [4.69, 9.17) is 4.42 Å². The molecular formula is C10H12O3. The van der Waals surface area contributed by atoms with E-state index in [2.05, 4.69) is 11.8 Å². The average molecular weight is 180 g/mol. The van der Waals surface area contributed by atoms with Gasteiger partial charge in [-0.2, -0.15) is 0 Å². The minimum atomic E-state index is -1.09. The van der Waals surface area contributed by atoms with E-state index in [1.807, 2.05) is 0 Å². The maximum Gasteiger partial charge on any atom is 0.172 e. The van der Waals surface area contributed by atoms with E-state index in [0.29, 0.717) is 5.76 Å². The summed E-state index contributed by atoms with van der Waals surface area (Å²) in [5, 5.41) is 18.6. The number of hydrogen-bond acceptors (Lipinski definition) is 3. The lowest BCUT2D eigenvalue weighted by Gasteiger charge is -2.06. The number of furan rings is 1. The second-order valence-electron chi connectivity index (χ2n) is 3.25. The molecule has 0 unspecified atom stereocenters. The summed E-state index contributed by atoms with van der Waals surface area (Å²) < 4.78 is 4.93. The van der Waals surface area contributed by atoms with Gasteiger partial charge in [0.15, 0.2) is 6.10 Å². The largest absolute Gasteiger partial charge is 0.466 e. The van der Waals surface area contributed by atoms with Crippen molar-refractivity contribution in [2.45, 2.75) is 25.6 Å². The molecule has 1 aromatic rings. The molecule has 0 aliphatic rings. The summed E-state index contributed by atoms with van der Waals surface area (Å²) in [5.74, 6) is 5.38. The van der Waals surface area contributed by atoms with Crippen molar-refractivity contribution in [3.05, 3.63) is 24.2 Å². The van der Waals surface area contributed by atoms with Crippen molar-refractivity contribution in [3.63, 3.8) is 0 Å². The molecule has 1 atom stereocenters. The summed E-state index contributed by atoms with van der Waals surface area (Å²) in [6.07, 6.45) is 0.492. The fourth-order valence-corrected chi connectivity index (χ4v) is 0.763.